The van der Waals surface area contributed by atoms with Crippen molar-refractivity contribution in [2.24, 2.45) is 0 Å². The van der Waals surface area contributed by atoms with Crippen LogP contribution in [0.5, 0.6) is 0 Å². The van der Waals surface area contributed by atoms with Crippen LogP contribution in [0.1, 0.15) is 11.3 Å². The van der Waals surface area contributed by atoms with Crippen LogP contribution in [0.25, 0.3) is 20.8 Å². The number of rotatable bonds is 3. The Morgan fingerprint density at radius 2 is 2.04 bits per heavy atom. The minimum atomic E-state index is -0.0679. The Labute approximate surface area is 156 Å². The fourth-order valence-corrected chi connectivity index (χ4v) is 4.83. The zero-order chi connectivity index (χ0) is 17.7. The number of aryl methyl sites for hydroxylation is 1. The topological polar surface area (TPSA) is 64.6 Å². The van der Waals surface area contributed by atoms with Gasteiger partial charge in [-0.25, -0.2) is 4.98 Å². The molecule has 5 rings (SSSR count). The summed E-state index contributed by atoms with van der Waals surface area (Å²) >= 11 is 3.16. The predicted octanol–water partition coefficient (Wildman–Crippen LogP) is 3.55. The minimum absolute atomic E-state index is 0.0679. The van der Waals surface area contributed by atoms with E-state index in [0.29, 0.717) is 11.4 Å². The third-order valence-electron chi connectivity index (χ3n) is 4.20. The van der Waals surface area contributed by atoms with E-state index in [1.165, 1.54) is 16.5 Å². The fourth-order valence-electron chi connectivity index (χ4n) is 2.97. The van der Waals surface area contributed by atoms with Crippen LogP contribution >= 0.6 is 23.1 Å². The smallest absolute Gasteiger partial charge is 0.258 e. The summed E-state index contributed by atoms with van der Waals surface area (Å²) in [6, 6.07) is 13.6. The average Bonchev–Trinajstić information content (AvgIpc) is 3.20. The van der Waals surface area contributed by atoms with Crippen LogP contribution in [0.2, 0.25) is 0 Å². The Morgan fingerprint density at radius 1 is 1.15 bits per heavy atom. The van der Waals surface area contributed by atoms with E-state index in [1.807, 2.05) is 31.2 Å². The monoisotopic (exact) mass is 379 g/mol. The molecule has 4 aromatic heterocycles. The van der Waals surface area contributed by atoms with Gasteiger partial charge in [-0.3, -0.25) is 13.6 Å². The third kappa shape index (κ3) is 2.41. The molecule has 1 aromatic carbocycles. The largest absolute Gasteiger partial charge is 0.269 e. The molecule has 26 heavy (non-hydrogen) atoms. The third-order valence-corrected chi connectivity index (χ3v) is 6.17. The first kappa shape index (κ1) is 15.5. The normalized spacial score (nSPS) is 11.7. The maximum atomic E-state index is 12.3. The lowest BCUT2D eigenvalue weighted by atomic mass is 10.3. The van der Waals surface area contributed by atoms with Gasteiger partial charge >= 0.3 is 0 Å². The number of thiazole rings is 1. The van der Waals surface area contributed by atoms with Gasteiger partial charge in [0, 0.05) is 18.0 Å². The Hall–Kier alpha value is -2.71. The van der Waals surface area contributed by atoms with Crippen molar-refractivity contribution in [3.05, 3.63) is 70.3 Å². The van der Waals surface area contributed by atoms with E-state index >= 15 is 0 Å². The summed E-state index contributed by atoms with van der Waals surface area (Å²) in [6.45, 7) is 1.96. The number of hydrogen-bond donors (Lipinski definition) is 0. The minimum Gasteiger partial charge on any atom is -0.269 e. The number of benzene rings is 1. The molecule has 0 saturated heterocycles. The number of pyridine rings is 1. The first-order chi connectivity index (χ1) is 12.7. The molecular weight excluding hydrogens is 366 g/mol. The summed E-state index contributed by atoms with van der Waals surface area (Å²) < 4.78 is 4.81. The number of hydrogen-bond acceptors (Lipinski definition) is 6. The first-order valence-electron chi connectivity index (χ1n) is 8.04. The highest BCUT2D eigenvalue weighted by Crippen LogP contribution is 2.30. The number of nitrogens with zero attached hydrogens (tertiary/aromatic N) is 5. The molecule has 0 aliphatic rings. The molecular formula is C18H13N5OS2. The average molecular weight is 379 g/mol. The SMILES string of the molecule is Cc1cccn2c(=O)cc(CSc3nnc4sc5ccccc5n34)nc12. The molecule has 128 valence electrons. The van der Waals surface area contributed by atoms with Crippen molar-refractivity contribution >= 4 is 43.9 Å². The van der Waals surface area contributed by atoms with Gasteiger partial charge in [0.05, 0.1) is 15.9 Å². The highest BCUT2D eigenvalue weighted by molar-refractivity contribution is 7.98. The molecule has 0 N–H and O–H groups in total. The number of fused-ring (bicyclic) bond motifs is 4. The van der Waals surface area contributed by atoms with Gasteiger partial charge in [-0.05, 0) is 30.7 Å². The molecule has 4 heterocycles. The molecule has 0 spiro atoms. The van der Waals surface area contributed by atoms with Crippen LogP contribution in [-0.4, -0.2) is 24.0 Å². The molecule has 0 aliphatic carbocycles. The molecule has 8 heteroatoms. The zero-order valence-electron chi connectivity index (χ0n) is 13.8. The van der Waals surface area contributed by atoms with Gasteiger partial charge in [-0.15, -0.1) is 10.2 Å². The van der Waals surface area contributed by atoms with Gasteiger partial charge in [0.2, 0.25) is 4.96 Å². The number of para-hydroxylation sites is 1. The van der Waals surface area contributed by atoms with Crippen molar-refractivity contribution in [2.45, 2.75) is 17.8 Å². The second-order valence-electron chi connectivity index (χ2n) is 5.93. The van der Waals surface area contributed by atoms with E-state index in [4.69, 9.17) is 0 Å². The highest BCUT2D eigenvalue weighted by Gasteiger charge is 2.13. The molecule has 0 unspecified atom stereocenters. The van der Waals surface area contributed by atoms with Crippen LogP contribution in [-0.2, 0) is 5.75 Å². The summed E-state index contributed by atoms with van der Waals surface area (Å²) in [7, 11) is 0. The van der Waals surface area contributed by atoms with Gasteiger partial charge in [-0.1, -0.05) is 41.3 Å². The first-order valence-corrected chi connectivity index (χ1v) is 9.84. The van der Waals surface area contributed by atoms with Crippen LogP contribution in [0, 0.1) is 6.92 Å². The van der Waals surface area contributed by atoms with Gasteiger partial charge < -0.3 is 0 Å². The van der Waals surface area contributed by atoms with E-state index in [-0.39, 0.29) is 5.56 Å². The Morgan fingerprint density at radius 3 is 2.96 bits per heavy atom. The highest BCUT2D eigenvalue weighted by atomic mass is 32.2. The molecule has 0 bridgehead atoms. The molecule has 0 aliphatic heterocycles. The van der Waals surface area contributed by atoms with Gasteiger partial charge in [-0.2, -0.15) is 0 Å². The van der Waals surface area contributed by atoms with Crippen LogP contribution < -0.4 is 5.56 Å². The standard InChI is InChI=1S/C18H13N5OS2/c1-11-5-4-8-22-15(24)9-12(19-16(11)22)10-25-17-20-21-18-23(17)13-6-2-3-7-14(13)26-18/h2-9H,10H2,1H3. The number of thioether (sulfide) groups is 1. The molecule has 0 fully saturated rings. The van der Waals surface area contributed by atoms with Gasteiger partial charge in [0.1, 0.15) is 5.65 Å². The van der Waals surface area contributed by atoms with Gasteiger partial charge in [0.15, 0.2) is 5.16 Å². The molecule has 0 saturated carbocycles. The lowest BCUT2D eigenvalue weighted by Crippen LogP contribution is -2.15. The Kier molecular flexibility index (Phi) is 3.54. The summed E-state index contributed by atoms with van der Waals surface area (Å²) in [4.78, 5) is 17.9. The van der Waals surface area contributed by atoms with E-state index in [9.17, 15) is 4.79 Å². The van der Waals surface area contributed by atoms with E-state index in [0.717, 1.165) is 26.9 Å². The fraction of sp³-hybridized carbons (Fsp3) is 0.111. The van der Waals surface area contributed by atoms with Crippen LogP contribution in [0.15, 0.2) is 58.6 Å². The van der Waals surface area contributed by atoms with Crippen molar-refractivity contribution in [1.82, 2.24) is 24.0 Å². The van der Waals surface area contributed by atoms with Crippen molar-refractivity contribution in [3.8, 4) is 0 Å². The Balaban J connectivity index is 1.54. The van der Waals surface area contributed by atoms with Crippen LogP contribution in [0.4, 0.5) is 0 Å². The zero-order valence-corrected chi connectivity index (χ0v) is 15.4. The summed E-state index contributed by atoms with van der Waals surface area (Å²) in [5, 5.41) is 9.38. The van der Waals surface area contributed by atoms with Crippen molar-refractivity contribution in [2.75, 3.05) is 0 Å². The van der Waals surface area contributed by atoms with Crippen molar-refractivity contribution in [3.63, 3.8) is 0 Å². The van der Waals surface area contributed by atoms with E-state index in [1.54, 1.807) is 28.0 Å². The van der Waals surface area contributed by atoms with Crippen molar-refractivity contribution < 1.29 is 0 Å². The maximum absolute atomic E-state index is 12.3. The predicted molar refractivity (Wildman–Crippen MR) is 104 cm³/mol. The van der Waals surface area contributed by atoms with Crippen LogP contribution in [0.3, 0.4) is 0 Å². The molecule has 0 amide bonds. The summed E-state index contributed by atoms with van der Waals surface area (Å²) in [5.74, 6) is 0.561. The lowest BCUT2D eigenvalue weighted by Gasteiger charge is -2.05. The molecule has 6 nitrogen and oxygen atoms in total. The number of aromatic nitrogens is 5. The second kappa shape index (κ2) is 5.93. The van der Waals surface area contributed by atoms with Gasteiger partial charge in [0.25, 0.3) is 5.56 Å². The Bertz CT molecular complexity index is 1330. The molecule has 5 aromatic rings. The second-order valence-corrected chi connectivity index (χ2v) is 7.88. The quantitative estimate of drug-likeness (QED) is 0.449. The lowest BCUT2D eigenvalue weighted by molar-refractivity contribution is 0.937. The van der Waals surface area contributed by atoms with E-state index < -0.39 is 0 Å². The van der Waals surface area contributed by atoms with E-state index in [2.05, 4.69) is 31.7 Å². The maximum Gasteiger partial charge on any atom is 0.258 e. The molecule has 0 radical (unpaired) electrons. The molecule has 0 atom stereocenters. The van der Waals surface area contributed by atoms with Crippen molar-refractivity contribution in [1.29, 1.82) is 0 Å². The summed E-state index contributed by atoms with van der Waals surface area (Å²) in [6.07, 6.45) is 1.74. The summed E-state index contributed by atoms with van der Waals surface area (Å²) in [5.41, 5.74) is 3.45.